The van der Waals surface area contributed by atoms with Gasteiger partial charge in [-0.25, -0.2) is 0 Å². The van der Waals surface area contributed by atoms with Crippen molar-refractivity contribution in [3.05, 3.63) is 0 Å². The molecule has 0 heterocycles. The lowest BCUT2D eigenvalue weighted by molar-refractivity contribution is -0.200. The molecule has 0 aromatic carbocycles. The first-order valence-corrected chi connectivity index (χ1v) is 14.1. The largest absolute Gasteiger partial charge is 0.469 e. The average Bonchev–Trinajstić information content (AvgIpc) is 3.18. The van der Waals surface area contributed by atoms with Crippen LogP contribution in [0.25, 0.3) is 0 Å². The summed E-state index contributed by atoms with van der Waals surface area (Å²) in [6.07, 6.45) is 5.29. The van der Waals surface area contributed by atoms with Crippen molar-refractivity contribution in [1.29, 1.82) is 0 Å². The van der Waals surface area contributed by atoms with Crippen molar-refractivity contribution in [2.75, 3.05) is 7.11 Å². The molecular weight excluding hydrogens is 474 g/mol. The van der Waals surface area contributed by atoms with Crippen molar-refractivity contribution in [3.8, 4) is 0 Å². The molecule has 0 spiro atoms. The van der Waals surface area contributed by atoms with Gasteiger partial charge in [0.15, 0.2) is 5.78 Å². The van der Waals surface area contributed by atoms with Gasteiger partial charge < -0.3 is 19.9 Å². The number of carbonyl (C=O) groups excluding carboxylic acids is 4. The van der Waals surface area contributed by atoms with Crippen molar-refractivity contribution in [2.45, 2.75) is 104 Å². The second kappa shape index (κ2) is 10.3. The van der Waals surface area contributed by atoms with E-state index in [4.69, 9.17) is 19.9 Å². The van der Waals surface area contributed by atoms with E-state index in [0.717, 1.165) is 25.7 Å². The molecular formula is C29H45NO7. The molecule has 0 aliphatic heterocycles. The number of hydrogen-bond acceptors (Lipinski definition) is 8. The maximum atomic E-state index is 14.3. The first kappa shape index (κ1) is 28.1. The Bertz CT molecular complexity index is 935. The number of hydrogen-bond donors (Lipinski definition) is 1. The van der Waals surface area contributed by atoms with Gasteiger partial charge >= 0.3 is 17.9 Å². The predicted molar refractivity (Wildman–Crippen MR) is 136 cm³/mol. The molecule has 208 valence electrons. The minimum absolute atomic E-state index is 0.00549. The second-order valence-electron chi connectivity index (χ2n) is 12.8. The van der Waals surface area contributed by atoms with E-state index in [1.807, 2.05) is 0 Å². The molecule has 8 nitrogen and oxygen atoms in total. The molecule has 0 radical (unpaired) electrons. The van der Waals surface area contributed by atoms with Crippen molar-refractivity contribution >= 4 is 23.7 Å². The Balaban J connectivity index is 1.67. The Labute approximate surface area is 220 Å². The van der Waals surface area contributed by atoms with Crippen LogP contribution in [0, 0.1) is 46.3 Å². The lowest BCUT2D eigenvalue weighted by Crippen LogP contribution is -2.69. The number of esters is 3. The van der Waals surface area contributed by atoms with E-state index in [0.29, 0.717) is 25.7 Å². The third kappa shape index (κ3) is 4.72. The molecule has 0 unspecified atom stereocenters. The van der Waals surface area contributed by atoms with Crippen LogP contribution in [0.1, 0.15) is 86.0 Å². The maximum Gasteiger partial charge on any atom is 0.305 e. The van der Waals surface area contributed by atoms with Crippen LogP contribution in [0.3, 0.4) is 0 Å². The monoisotopic (exact) mass is 519 g/mol. The van der Waals surface area contributed by atoms with E-state index in [1.165, 1.54) is 21.0 Å². The SMILES string of the molecule is COC(=O)CC[C@@H](C)[C@H]1CC[C@H]2[C@H]3[C@H]([C@H](N)C(=O)[C@]12C)[C@@]1(C)CC[C@@H](OC(C)=O)C[C@H]1C[C@H]3OC(C)=O. The molecule has 37 heavy (non-hydrogen) atoms. The molecule has 2 N–H and O–H groups in total. The molecule has 4 aliphatic rings. The van der Waals surface area contributed by atoms with Gasteiger partial charge in [0.1, 0.15) is 12.2 Å². The second-order valence-corrected chi connectivity index (χ2v) is 12.8. The summed E-state index contributed by atoms with van der Waals surface area (Å²) in [4.78, 5) is 50.0. The van der Waals surface area contributed by atoms with Gasteiger partial charge in [-0.3, -0.25) is 19.2 Å². The highest BCUT2D eigenvalue weighted by molar-refractivity contribution is 5.92. The van der Waals surface area contributed by atoms with E-state index in [2.05, 4.69) is 20.8 Å². The first-order valence-electron chi connectivity index (χ1n) is 14.1. The summed E-state index contributed by atoms with van der Waals surface area (Å²) in [6.45, 7) is 9.35. The van der Waals surface area contributed by atoms with Crippen molar-refractivity contribution in [2.24, 2.45) is 52.1 Å². The summed E-state index contributed by atoms with van der Waals surface area (Å²) in [5, 5.41) is 0. The van der Waals surface area contributed by atoms with Crippen LogP contribution in [0.15, 0.2) is 0 Å². The lowest BCUT2D eigenvalue weighted by atomic mass is 9.42. The topological polar surface area (TPSA) is 122 Å². The summed E-state index contributed by atoms with van der Waals surface area (Å²) < 4.78 is 16.4. The molecule has 4 saturated carbocycles. The number of fused-ring (bicyclic) bond motifs is 5. The maximum absolute atomic E-state index is 14.3. The normalized spacial score (nSPS) is 43.6. The van der Waals surface area contributed by atoms with E-state index in [1.54, 1.807) is 0 Å². The third-order valence-corrected chi connectivity index (χ3v) is 11.0. The van der Waals surface area contributed by atoms with Crippen LogP contribution in [0.2, 0.25) is 0 Å². The predicted octanol–water partition coefficient (Wildman–Crippen LogP) is 3.82. The van der Waals surface area contributed by atoms with Crippen molar-refractivity contribution < 1.29 is 33.4 Å². The number of nitrogens with two attached hydrogens (primary N) is 1. The van der Waals surface area contributed by atoms with Crippen LogP contribution in [0.4, 0.5) is 0 Å². The molecule has 11 atom stereocenters. The summed E-state index contributed by atoms with van der Waals surface area (Å²) in [5.74, 6) is -0.287. The quantitative estimate of drug-likeness (QED) is 0.415. The minimum Gasteiger partial charge on any atom is -0.469 e. The van der Waals surface area contributed by atoms with Crippen molar-refractivity contribution in [1.82, 2.24) is 0 Å². The lowest BCUT2D eigenvalue weighted by Gasteiger charge is -2.63. The molecule has 0 aromatic rings. The van der Waals surface area contributed by atoms with Crippen LogP contribution >= 0.6 is 0 Å². The summed E-state index contributed by atoms with van der Waals surface area (Å²) in [7, 11) is 1.40. The van der Waals surface area contributed by atoms with Gasteiger partial charge in [0.2, 0.25) is 0 Å². The number of methoxy groups -OCH3 is 1. The van der Waals surface area contributed by atoms with Gasteiger partial charge in [-0.1, -0.05) is 20.8 Å². The standard InChI is InChI=1S/C29H45NO7/c1-15(7-10-23(33)35-6)20-8-9-21-24-22(37-17(3)32)14-18-13-19(36-16(2)31)11-12-28(18,4)25(24)26(30)27(34)29(20,21)5/h15,18-22,24-26H,7-14,30H2,1-6H3/t15-,18+,19-,20-,21+,22-,24-,25-,26+,28+,29-/m1/s1. The molecule has 4 aliphatic carbocycles. The zero-order valence-electron chi connectivity index (χ0n) is 23.3. The van der Waals surface area contributed by atoms with E-state index < -0.39 is 11.5 Å². The molecule has 0 aromatic heterocycles. The van der Waals surface area contributed by atoms with Gasteiger partial charge in [0.25, 0.3) is 0 Å². The average molecular weight is 520 g/mol. The van der Waals surface area contributed by atoms with E-state index >= 15 is 0 Å². The Morgan fingerprint density at radius 3 is 2.35 bits per heavy atom. The smallest absolute Gasteiger partial charge is 0.305 e. The summed E-state index contributed by atoms with van der Waals surface area (Å²) >= 11 is 0. The first-order chi connectivity index (χ1) is 17.3. The van der Waals surface area contributed by atoms with Crippen LogP contribution in [0.5, 0.6) is 0 Å². The fourth-order valence-electron chi connectivity index (χ4n) is 9.37. The molecule has 4 rings (SSSR count). The van der Waals surface area contributed by atoms with Crippen LogP contribution in [-0.2, 0) is 33.4 Å². The fraction of sp³-hybridized carbons (Fsp3) is 0.862. The van der Waals surface area contributed by atoms with Gasteiger partial charge in [-0.2, -0.15) is 0 Å². The van der Waals surface area contributed by atoms with Gasteiger partial charge in [0, 0.05) is 31.6 Å². The van der Waals surface area contributed by atoms with Gasteiger partial charge in [-0.05, 0) is 80.0 Å². The Kier molecular flexibility index (Phi) is 7.82. The highest BCUT2D eigenvalue weighted by Gasteiger charge is 2.69. The molecule has 8 heteroatoms. The third-order valence-electron chi connectivity index (χ3n) is 11.0. The Hall–Kier alpha value is -1.96. The Morgan fingerprint density at radius 1 is 1.05 bits per heavy atom. The fourth-order valence-corrected chi connectivity index (χ4v) is 9.37. The summed E-state index contributed by atoms with van der Waals surface area (Å²) in [6, 6.07) is -0.643. The minimum atomic E-state index is -0.643. The number of ether oxygens (including phenoxy) is 3. The zero-order chi connectivity index (χ0) is 27.3. The van der Waals surface area contributed by atoms with Crippen LogP contribution in [-0.4, -0.2) is 49.1 Å². The van der Waals surface area contributed by atoms with E-state index in [-0.39, 0.29) is 76.8 Å². The molecule has 4 fully saturated rings. The van der Waals surface area contributed by atoms with Crippen LogP contribution < -0.4 is 5.73 Å². The molecule has 0 saturated heterocycles. The number of Topliss-reactive ketones (excluding diaryl/α,β-unsaturated/α-hetero) is 1. The Morgan fingerprint density at radius 2 is 1.73 bits per heavy atom. The number of rotatable bonds is 6. The molecule has 0 bridgehead atoms. The molecule has 0 amide bonds. The van der Waals surface area contributed by atoms with Gasteiger partial charge in [0.05, 0.1) is 13.2 Å². The van der Waals surface area contributed by atoms with Gasteiger partial charge in [-0.15, -0.1) is 0 Å². The summed E-state index contributed by atoms with van der Waals surface area (Å²) in [5.41, 5.74) is 6.12. The number of carbonyl (C=O) groups is 4. The van der Waals surface area contributed by atoms with Crippen molar-refractivity contribution in [3.63, 3.8) is 0 Å². The highest BCUT2D eigenvalue weighted by Crippen LogP contribution is 2.67. The zero-order valence-corrected chi connectivity index (χ0v) is 23.3. The van der Waals surface area contributed by atoms with E-state index in [9.17, 15) is 19.2 Å². The highest BCUT2D eigenvalue weighted by atomic mass is 16.5. The number of ketones is 1.